The Morgan fingerprint density at radius 3 is 2.52 bits per heavy atom. The molecule has 2 rings (SSSR count). The Kier molecular flexibility index (Phi) is 4.93. The van der Waals surface area contributed by atoms with Gasteiger partial charge in [0.15, 0.2) is 11.5 Å². The molecule has 0 unspecified atom stereocenters. The van der Waals surface area contributed by atoms with Gasteiger partial charge in [0.2, 0.25) is 0 Å². The van der Waals surface area contributed by atoms with E-state index < -0.39 is 4.92 Å². The molecule has 2 aromatic rings. The summed E-state index contributed by atoms with van der Waals surface area (Å²) in [6, 6.07) is 4.76. The van der Waals surface area contributed by atoms with Crippen LogP contribution < -0.4 is 9.47 Å². The molecule has 118 valence electrons. The van der Waals surface area contributed by atoms with Gasteiger partial charge in [0.05, 0.1) is 36.3 Å². The van der Waals surface area contributed by atoms with Crippen molar-refractivity contribution in [1.29, 1.82) is 5.26 Å². The van der Waals surface area contributed by atoms with E-state index in [1.807, 2.05) is 18.4 Å². The number of nitrogens with zero attached hydrogens (tertiary/aromatic N) is 3. The van der Waals surface area contributed by atoms with Crippen LogP contribution in [0.2, 0.25) is 0 Å². The highest BCUT2D eigenvalue weighted by Gasteiger charge is 2.19. The van der Waals surface area contributed by atoms with Crippen molar-refractivity contribution in [1.82, 2.24) is 4.98 Å². The summed E-state index contributed by atoms with van der Waals surface area (Å²) in [5, 5.41) is 22.9. The lowest BCUT2D eigenvalue weighted by molar-refractivity contribution is -0.385. The van der Waals surface area contributed by atoms with Gasteiger partial charge in [0, 0.05) is 11.1 Å². The number of methoxy groups -OCH3 is 2. The topological polar surface area (TPSA) is 98.3 Å². The summed E-state index contributed by atoms with van der Waals surface area (Å²) in [6.45, 7) is 1.81. The van der Waals surface area contributed by atoms with Gasteiger partial charge < -0.3 is 9.47 Å². The number of allylic oxidation sites excluding steroid dienone is 1. The van der Waals surface area contributed by atoms with Crippen LogP contribution in [-0.2, 0) is 0 Å². The average molecular weight is 331 g/mol. The SMILES string of the molecule is COc1cc(C=C(C#N)c2nc(C)cs2)c([N+](=O)[O-])cc1OC. The largest absolute Gasteiger partial charge is 0.493 e. The lowest BCUT2D eigenvalue weighted by atomic mass is 10.1. The lowest BCUT2D eigenvalue weighted by Crippen LogP contribution is -1.97. The van der Waals surface area contributed by atoms with Crippen molar-refractivity contribution in [2.45, 2.75) is 6.92 Å². The smallest absolute Gasteiger partial charge is 0.280 e. The zero-order valence-corrected chi connectivity index (χ0v) is 13.5. The number of nitro groups is 1. The molecule has 0 aliphatic carbocycles. The number of hydrogen-bond acceptors (Lipinski definition) is 7. The summed E-state index contributed by atoms with van der Waals surface area (Å²) in [4.78, 5) is 15.0. The van der Waals surface area contributed by atoms with Gasteiger partial charge in [-0.15, -0.1) is 11.3 Å². The summed E-state index contributed by atoms with van der Waals surface area (Å²) >= 11 is 1.31. The molecular weight excluding hydrogens is 318 g/mol. The zero-order valence-electron chi connectivity index (χ0n) is 12.7. The van der Waals surface area contributed by atoms with E-state index in [4.69, 9.17) is 9.47 Å². The quantitative estimate of drug-likeness (QED) is 0.473. The summed E-state index contributed by atoms with van der Waals surface area (Å²) in [5.74, 6) is 0.594. The molecule has 23 heavy (non-hydrogen) atoms. The Balaban J connectivity index is 2.63. The van der Waals surface area contributed by atoms with Crippen molar-refractivity contribution in [3.63, 3.8) is 0 Å². The third-order valence-corrected chi connectivity index (χ3v) is 3.99. The number of ether oxygens (including phenoxy) is 2. The lowest BCUT2D eigenvalue weighted by Gasteiger charge is -2.09. The van der Waals surface area contributed by atoms with Gasteiger partial charge in [-0.05, 0) is 19.1 Å². The molecule has 8 heteroatoms. The van der Waals surface area contributed by atoms with Gasteiger partial charge in [0.1, 0.15) is 11.1 Å². The van der Waals surface area contributed by atoms with Crippen molar-refractivity contribution >= 4 is 28.7 Å². The fraction of sp³-hybridized carbons (Fsp3) is 0.200. The highest BCUT2D eigenvalue weighted by molar-refractivity contribution is 7.11. The summed E-state index contributed by atoms with van der Waals surface area (Å²) in [6.07, 6.45) is 1.43. The van der Waals surface area contributed by atoms with Crippen LogP contribution in [0.4, 0.5) is 5.69 Å². The molecule has 0 bridgehead atoms. The molecule has 0 atom stereocenters. The Hall–Kier alpha value is -2.92. The van der Waals surface area contributed by atoms with Gasteiger partial charge in [-0.1, -0.05) is 0 Å². The molecule has 1 heterocycles. The monoisotopic (exact) mass is 331 g/mol. The third-order valence-electron chi connectivity index (χ3n) is 3.00. The predicted octanol–water partition coefficient (Wildman–Crippen LogP) is 3.44. The highest BCUT2D eigenvalue weighted by Crippen LogP contribution is 2.36. The Morgan fingerprint density at radius 2 is 2.04 bits per heavy atom. The Morgan fingerprint density at radius 1 is 1.39 bits per heavy atom. The van der Waals surface area contributed by atoms with Gasteiger partial charge in [-0.2, -0.15) is 5.26 Å². The first-order valence-corrected chi connectivity index (χ1v) is 7.32. The molecule has 1 aromatic carbocycles. The van der Waals surface area contributed by atoms with Crippen LogP contribution >= 0.6 is 11.3 Å². The van der Waals surface area contributed by atoms with Crippen LogP contribution in [0.3, 0.4) is 0 Å². The Labute approximate surface area is 136 Å². The van der Waals surface area contributed by atoms with E-state index in [1.165, 1.54) is 43.8 Å². The number of aromatic nitrogens is 1. The van der Waals surface area contributed by atoms with E-state index >= 15 is 0 Å². The fourth-order valence-electron chi connectivity index (χ4n) is 1.93. The van der Waals surface area contributed by atoms with Crippen LogP contribution in [0.25, 0.3) is 11.6 Å². The maximum atomic E-state index is 11.3. The molecular formula is C15H13N3O4S. The van der Waals surface area contributed by atoms with Crippen LogP contribution in [0, 0.1) is 28.4 Å². The summed E-state index contributed by atoms with van der Waals surface area (Å²) < 4.78 is 10.2. The van der Waals surface area contributed by atoms with Crippen LogP contribution in [0.1, 0.15) is 16.3 Å². The molecule has 0 aliphatic rings. The van der Waals surface area contributed by atoms with Crippen molar-refractivity contribution in [3.8, 4) is 17.6 Å². The van der Waals surface area contributed by atoms with Gasteiger partial charge >= 0.3 is 0 Å². The molecule has 0 amide bonds. The average Bonchev–Trinajstić information content (AvgIpc) is 2.97. The summed E-state index contributed by atoms with van der Waals surface area (Å²) in [5.41, 5.74) is 1.10. The van der Waals surface area contributed by atoms with Gasteiger partial charge in [-0.25, -0.2) is 4.98 Å². The third kappa shape index (κ3) is 3.46. The second kappa shape index (κ2) is 6.89. The minimum atomic E-state index is -0.532. The molecule has 0 aliphatic heterocycles. The van der Waals surface area contributed by atoms with E-state index in [0.29, 0.717) is 10.8 Å². The van der Waals surface area contributed by atoms with Gasteiger partial charge in [0.25, 0.3) is 5.69 Å². The van der Waals surface area contributed by atoms with E-state index in [1.54, 1.807) is 0 Å². The molecule has 0 saturated heterocycles. The van der Waals surface area contributed by atoms with E-state index in [2.05, 4.69) is 4.98 Å². The van der Waals surface area contributed by atoms with Crippen LogP contribution in [0.5, 0.6) is 11.5 Å². The van der Waals surface area contributed by atoms with E-state index in [-0.39, 0.29) is 22.6 Å². The van der Waals surface area contributed by atoms with E-state index in [0.717, 1.165) is 5.69 Å². The highest BCUT2D eigenvalue weighted by atomic mass is 32.1. The van der Waals surface area contributed by atoms with Crippen molar-refractivity contribution in [2.24, 2.45) is 0 Å². The normalized spacial score (nSPS) is 11.0. The number of hydrogen-bond donors (Lipinski definition) is 0. The zero-order chi connectivity index (χ0) is 17.0. The standard InChI is InChI=1S/C15H13N3O4S/c1-9-8-23-15(17-9)11(7-16)4-10-5-13(21-2)14(22-3)6-12(10)18(19)20/h4-6,8H,1-3H3. The molecule has 0 spiro atoms. The molecule has 1 aromatic heterocycles. The van der Waals surface area contributed by atoms with Gasteiger partial charge in [-0.3, -0.25) is 10.1 Å². The second-order valence-electron chi connectivity index (χ2n) is 4.49. The minimum absolute atomic E-state index is 0.177. The molecule has 0 saturated carbocycles. The second-order valence-corrected chi connectivity index (χ2v) is 5.35. The first-order valence-electron chi connectivity index (χ1n) is 6.44. The van der Waals surface area contributed by atoms with Crippen molar-refractivity contribution < 1.29 is 14.4 Å². The number of benzene rings is 1. The van der Waals surface area contributed by atoms with Crippen LogP contribution in [-0.4, -0.2) is 24.1 Å². The predicted molar refractivity (Wildman–Crippen MR) is 86.5 cm³/mol. The fourth-order valence-corrected chi connectivity index (χ4v) is 2.70. The number of rotatable bonds is 5. The van der Waals surface area contributed by atoms with Crippen molar-refractivity contribution in [3.05, 3.63) is 43.9 Å². The summed E-state index contributed by atoms with van der Waals surface area (Å²) in [7, 11) is 2.84. The number of nitro benzene ring substituents is 1. The molecule has 0 radical (unpaired) electrons. The molecule has 0 N–H and O–H groups in total. The van der Waals surface area contributed by atoms with E-state index in [9.17, 15) is 15.4 Å². The Bertz CT molecular complexity index is 821. The van der Waals surface area contributed by atoms with Crippen LogP contribution in [0.15, 0.2) is 17.5 Å². The molecule has 0 fully saturated rings. The number of aryl methyl sites for hydroxylation is 1. The minimum Gasteiger partial charge on any atom is -0.493 e. The number of nitriles is 1. The molecule has 7 nitrogen and oxygen atoms in total. The maximum absolute atomic E-state index is 11.3. The number of thiazole rings is 1. The van der Waals surface area contributed by atoms with Crippen molar-refractivity contribution in [2.75, 3.05) is 14.2 Å². The first kappa shape index (κ1) is 16.5. The maximum Gasteiger partial charge on any atom is 0.280 e. The first-order chi connectivity index (χ1) is 11.0.